The quantitative estimate of drug-likeness (QED) is 0.656. The second-order valence-electron chi connectivity index (χ2n) is 6.95. The minimum Gasteiger partial charge on any atom is -0.493 e. The SMILES string of the molecule is COc1ccc(CN2CCNCC2)c(OC(=O)C(C)(C)C)c1OC. The molecule has 1 heterocycles. The Balaban J connectivity index is 2.35. The smallest absolute Gasteiger partial charge is 0.316 e. The Hall–Kier alpha value is -1.79. The summed E-state index contributed by atoms with van der Waals surface area (Å²) in [6.45, 7) is 10.0. The van der Waals surface area contributed by atoms with Crippen LogP contribution in [0.4, 0.5) is 0 Å². The summed E-state index contributed by atoms with van der Waals surface area (Å²) in [6.07, 6.45) is 0. The third-order valence-corrected chi connectivity index (χ3v) is 3.99. The molecule has 0 spiro atoms. The Morgan fingerprint density at radius 2 is 1.79 bits per heavy atom. The molecule has 0 amide bonds. The van der Waals surface area contributed by atoms with Crippen molar-refractivity contribution in [3.8, 4) is 17.2 Å². The number of carbonyl (C=O) groups is 1. The molecule has 1 aromatic rings. The van der Waals surface area contributed by atoms with Gasteiger partial charge in [0.25, 0.3) is 0 Å². The van der Waals surface area contributed by atoms with E-state index in [4.69, 9.17) is 14.2 Å². The number of hydrogen-bond donors (Lipinski definition) is 1. The van der Waals surface area contributed by atoms with Gasteiger partial charge >= 0.3 is 5.97 Å². The first-order chi connectivity index (χ1) is 11.4. The van der Waals surface area contributed by atoms with Crippen LogP contribution in [0.2, 0.25) is 0 Å². The maximum atomic E-state index is 12.4. The van der Waals surface area contributed by atoms with Crippen LogP contribution in [0.3, 0.4) is 0 Å². The number of nitrogens with zero attached hydrogens (tertiary/aromatic N) is 1. The largest absolute Gasteiger partial charge is 0.493 e. The lowest BCUT2D eigenvalue weighted by Gasteiger charge is -2.28. The van der Waals surface area contributed by atoms with Crippen molar-refractivity contribution in [2.45, 2.75) is 27.3 Å². The minimum atomic E-state index is -0.597. The van der Waals surface area contributed by atoms with Crippen molar-refractivity contribution >= 4 is 5.97 Å². The molecule has 6 nitrogen and oxygen atoms in total. The van der Waals surface area contributed by atoms with E-state index in [1.807, 2.05) is 32.9 Å². The van der Waals surface area contributed by atoms with Crippen LogP contribution >= 0.6 is 0 Å². The number of carbonyl (C=O) groups excluding carboxylic acids is 1. The molecule has 1 saturated heterocycles. The fourth-order valence-electron chi connectivity index (χ4n) is 2.53. The molecule has 0 radical (unpaired) electrons. The van der Waals surface area contributed by atoms with Gasteiger partial charge < -0.3 is 19.5 Å². The predicted octanol–water partition coefficient (Wildman–Crippen LogP) is 2.06. The molecule has 1 N–H and O–H groups in total. The molecule has 0 unspecified atom stereocenters. The van der Waals surface area contributed by atoms with E-state index >= 15 is 0 Å². The van der Waals surface area contributed by atoms with Gasteiger partial charge in [-0.05, 0) is 26.8 Å². The molecule has 1 aromatic carbocycles. The summed E-state index contributed by atoms with van der Waals surface area (Å²) >= 11 is 0. The van der Waals surface area contributed by atoms with Gasteiger partial charge in [-0.15, -0.1) is 0 Å². The topological polar surface area (TPSA) is 60.0 Å². The molecular formula is C18H28N2O4. The van der Waals surface area contributed by atoms with Gasteiger partial charge in [0.2, 0.25) is 5.75 Å². The van der Waals surface area contributed by atoms with Crippen molar-refractivity contribution in [2.24, 2.45) is 5.41 Å². The van der Waals surface area contributed by atoms with Gasteiger partial charge in [0, 0.05) is 38.3 Å². The van der Waals surface area contributed by atoms with Crippen molar-refractivity contribution in [1.82, 2.24) is 10.2 Å². The highest BCUT2D eigenvalue weighted by Gasteiger charge is 2.28. The van der Waals surface area contributed by atoms with Crippen LogP contribution in [0.5, 0.6) is 17.2 Å². The molecule has 1 aliphatic heterocycles. The summed E-state index contributed by atoms with van der Waals surface area (Å²) < 4.78 is 16.6. The lowest BCUT2D eigenvalue weighted by molar-refractivity contribution is -0.143. The fraction of sp³-hybridized carbons (Fsp3) is 0.611. The third kappa shape index (κ3) is 4.39. The van der Waals surface area contributed by atoms with E-state index in [2.05, 4.69) is 10.2 Å². The number of hydrogen-bond acceptors (Lipinski definition) is 6. The van der Waals surface area contributed by atoms with Gasteiger partial charge in [-0.3, -0.25) is 9.69 Å². The standard InChI is InChI=1S/C18H28N2O4/c1-18(2,3)17(21)24-15-13(12-20-10-8-19-9-11-20)6-7-14(22-4)16(15)23-5/h6-7,19H,8-12H2,1-5H3. The van der Waals surface area contributed by atoms with Gasteiger partial charge in [-0.2, -0.15) is 0 Å². The first-order valence-electron chi connectivity index (χ1n) is 8.26. The zero-order valence-electron chi connectivity index (χ0n) is 15.3. The molecule has 6 heteroatoms. The average Bonchev–Trinajstić information content (AvgIpc) is 2.56. The van der Waals surface area contributed by atoms with Crippen molar-refractivity contribution in [3.05, 3.63) is 17.7 Å². The van der Waals surface area contributed by atoms with Crippen LogP contribution in [-0.2, 0) is 11.3 Å². The Bertz CT molecular complexity index is 575. The second kappa shape index (κ2) is 7.85. The summed E-state index contributed by atoms with van der Waals surface area (Å²) in [5.41, 5.74) is 0.326. The number of rotatable bonds is 5. The number of esters is 1. The summed E-state index contributed by atoms with van der Waals surface area (Å²) in [4.78, 5) is 14.7. The summed E-state index contributed by atoms with van der Waals surface area (Å²) in [6, 6.07) is 3.79. The molecular weight excluding hydrogens is 308 g/mol. The van der Waals surface area contributed by atoms with E-state index in [9.17, 15) is 4.79 Å². The molecule has 0 bridgehead atoms. The molecule has 2 rings (SSSR count). The monoisotopic (exact) mass is 336 g/mol. The number of piperazine rings is 1. The number of nitrogens with one attached hydrogen (secondary N) is 1. The number of methoxy groups -OCH3 is 2. The van der Waals surface area contributed by atoms with Gasteiger partial charge in [0.05, 0.1) is 19.6 Å². The highest BCUT2D eigenvalue weighted by molar-refractivity contribution is 5.79. The van der Waals surface area contributed by atoms with Gasteiger partial charge in [0.15, 0.2) is 11.5 Å². The van der Waals surface area contributed by atoms with E-state index < -0.39 is 5.41 Å². The first kappa shape index (κ1) is 18.5. The lowest BCUT2D eigenvalue weighted by atomic mass is 9.97. The zero-order chi connectivity index (χ0) is 17.7. The summed E-state index contributed by atoms with van der Waals surface area (Å²) in [7, 11) is 3.13. The minimum absolute atomic E-state index is 0.296. The molecule has 1 fully saturated rings. The molecule has 0 atom stereocenters. The Morgan fingerprint density at radius 1 is 1.12 bits per heavy atom. The molecule has 134 valence electrons. The number of ether oxygens (including phenoxy) is 3. The van der Waals surface area contributed by atoms with Gasteiger partial charge in [-0.1, -0.05) is 6.07 Å². The van der Waals surface area contributed by atoms with E-state index in [1.54, 1.807) is 14.2 Å². The molecule has 24 heavy (non-hydrogen) atoms. The van der Waals surface area contributed by atoms with Crippen molar-refractivity contribution in [3.63, 3.8) is 0 Å². The molecule has 0 saturated carbocycles. The van der Waals surface area contributed by atoms with E-state index in [0.29, 0.717) is 23.8 Å². The number of benzene rings is 1. The highest BCUT2D eigenvalue weighted by Crippen LogP contribution is 2.41. The Kier molecular flexibility index (Phi) is 6.07. The van der Waals surface area contributed by atoms with E-state index in [1.165, 1.54) is 0 Å². The van der Waals surface area contributed by atoms with Crippen LogP contribution in [0.1, 0.15) is 26.3 Å². The third-order valence-electron chi connectivity index (χ3n) is 3.99. The Morgan fingerprint density at radius 3 is 2.33 bits per heavy atom. The van der Waals surface area contributed by atoms with Crippen molar-refractivity contribution in [2.75, 3.05) is 40.4 Å². The van der Waals surface area contributed by atoms with Crippen molar-refractivity contribution in [1.29, 1.82) is 0 Å². The predicted molar refractivity (Wildman–Crippen MR) is 92.8 cm³/mol. The van der Waals surface area contributed by atoms with E-state index in [0.717, 1.165) is 31.7 Å². The van der Waals surface area contributed by atoms with Crippen LogP contribution in [0, 0.1) is 5.41 Å². The molecule has 0 aliphatic carbocycles. The van der Waals surface area contributed by atoms with Crippen LogP contribution in [0.25, 0.3) is 0 Å². The summed E-state index contributed by atoms with van der Waals surface area (Å²) in [5.74, 6) is 1.17. The van der Waals surface area contributed by atoms with Crippen molar-refractivity contribution < 1.29 is 19.0 Å². The first-order valence-corrected chi connectivity index (χ1v) is 8.26. The molecule has 1 aliphatic rings. The average molecular weight is 336 g/mol. The normalized spacial score (nSPS) is 15.9. The summed E-state index contributed by atoms with van der Waals surface area (Å²) in [5, 5.41) is 3.34. The molecule has 0 aromatic heterocycles. The van der Waals surface area contributed by atoms with Gasteiger partial charge in [0.1, 0.15) is 0 Å². The zero-order valence-corrected chi connectivity index (χ0v) is 15.3. The maximum Gasteiger partial charge on any atom is 0.316 e. The Labute approximate surface area is 144 Å². The van der Waals surface area contributed by atoms with Gasteiger partial charge in [-0.25, -0.2) is 0 Å². The second-order valence-corrected chi connectivity index (χ2v) is 6.95. The lowest BCUT2D eigenvalue weighted by Crippen LogP contribution is -2.43. The van der Waals surface area contributed by atoms with Crippen LogP contribution in [0.15, 0.2) is 12.1 Å². The fourth-order valence-corrected chi connectivity index (χ4v) is 2.53. The maximum absolute atomic E-state index is 12.4. The highest BCUT2D eigenvalue weighted by atomic mass is 16.6. The van der Waals surface area contributed by atoms with E-state index in [-0.39, 0.29) is 5.97 Å². The van der Waals surface area contributed by atoms with Crippen LogP contribution < -0.4 is 19.5 Å². The van der Waals surface area contributed by atoms with Crippen LogP contribution in [-0.4, -0.2) is 51.3 Å².